The molecule has 2 aromatic carbocycles. The summed E-state index contributed by atoms with van der Waals surface area (Å²) < 4.78 is 26.1. The van der Waals surface area contributed by atoms with Gasteiger partial charge in [0.1, 0.15) is 11.6 Å². The van der Waals surface area contributed by atoms with Crippen molar-refractivity contribution in [2.45, 2.75) is 0 Å². The first-order chi connectivity index (χ1) is 9.36. The lowest BCUT2D eigenvalue weighted by molar-refractivity contribution is 0.102. The molecule has 0 radical (unpaired) electrons. The smallest absolute Gasteiger partial charge is 0.257 e. The molecule has 0 saturated heterocycles. The SMILES string of the molecule is Nc1cc(Cl)c(Cl)c(C(=O)Nc2cc(F)cc(F)c2)c1. The first-order valence-electron chi connectivity index (χ1n) is 5.39. The first kappa shape index (κ1) is 14.6. The highest BCUT2D eigenvalue weighted by Gasteiger charge is 2.15. The third-order valence-electron chi connectivity index (χ3n) is 2.42. The van der Waals surface area contributed by atoms with Gasteiger partial charge in [-0.2, -0.15) is 0 Å². The Bertz CT molecular complexity index is 672. The van der Waals surface area contributed by atoms with Crippen LogP contribution in [0.5, 0.6) is 0 Å². The summed E-state index contributed by atoms with van der Waals surface area (Å²) >= 11 is 11.7. The predicted octanol–water partition coefficient (Wildman–Crippen LogP) is 4.11. The van der Waals surface area contributed by atoms with Gasteiger partial charge in [-0.25, -0.2) is 8.78 Å². The van der Waals surface area contributed by atoms with Crippen molar-refractivity contribution in [2.24, 2.45) is 0 Å². The number of halogens is 4. The zero-order valence-electron chi connectivity index (χ0n) is 9.88. The summed E-state index contributed by atoms with van der Waals surface area (Å²) in [6, 6.07) is 5.35. The van der Waals surface area contributed by atoms with Crippen molar-refractivity contribution < 1.29 is 13.6 Å². The van der Waals surface area contributed by atoms with Crippen LogP contribution in [-0.2, 0) is 0 Å². The molecule has 2 aromatic rings. The molecule has 0 heterocycles. The van der Waals surface area contributed by atoms with Gasteiger partial charge < -0.3 is 11.1 Å². The second-order valence-corrected chi connectivity index (χ2v) is 4.76. The van der Waals surface area contributed by atoms with Crippen LogP contribution in [0.1, 0.15) is 10.4 Å². The summed E-state index contributed by atoms with van der Waals surface area (Å²) in [7, 11) is 0. The summed E-state index contributed by atoms with van der Waals surface area (Å²) in [5, 5.41) is 2.44. The summed E-state index contributed by atoms with van der Waals surface area (Å²) in [6.45, 7) is 0. The molecule has 0 fully saturated rings. The van der Waals surface area contributed by atoms with Crippen LogP contribution in [0, 0.1) is 11.6 Å². The van der Waals surface area contributed by atoms with E-state index in [2.05, 4.69) is 5.32 Å². The number of nitrogen functional groups attached to an aromatic ring is 1. The molecule has 0 unspecified atom stereocenters. The van der Waals surface area contributed by atoms with Crippen LogP contribution in [0.2, 0.25) is 10.0 Å². The molecule has 7 heteroatoms. The monoisotopic (exact) mass is 316 g/mol. The molecular weight excluding hydrogens is 309 g/mol. The molecule has 0 aromatic heterocycles. The molecule has 0 aliphatic heterocycles. The van der Waals surface area contributed by atoms with E-state index >= 15 is 0 Å². The van der Waals surface area contributed by atoms with Crippen LogP contribution in [-0.4, -0.2) is 5.91 Å². The molecular formula is C13H8Cl2F2N2O. The van der Waals surface area contributed by atoms with E-state index in [0.29, 0.717) is 6.07 Å². The molecule has 104 valence electrons. The van der Waals surface area contributed by atoms with Gasteiger partial charge in [0.05, 0.1) is 15.6 Å². The Morgan fingerprint density at radius 1 is 1.05 bits per heavy atom. The molecule has 0 bridgehead atoms. The highest BCUT2D eigenvalue weighted by atomic mass is 35.5. The Morgan fingerprint density at radius 2 is 1.65 bits per heavy atom. The second-order valence-electron chi connectivity index (χ2n) is 3.98. The van der Waals surface area contributed by atoms with Gasteiger partial charge in [-0.1, -0.05) is 23.2 Å². The molecule has 0 spiro atoms. The largest absolute Gasteiger partial charge is 0.399 e. The Hall–Kier alpha value is -1.85. The van der Waals surface area contributed by atoms with Crippen molar-refractivity contribution in [2.75, 3.05) is 11.1 Å². The average Bonchev–Trinajstić information content (AvgIpc) is 2.32. The molecule has 0 atom stereocenters. The lowest BCUT2D eigenvalue weighted by atomic mass is 10.1. The molecule has 20 heavy (non-hydrogen) atoms. The third kappa shape index (κ3) is 3.18. The van der Waals surface area contributed by atoms with E-state index in [1.54, 1.807) is 0 Å². The number of nitrogens with two attached hydrogens (primary N) is 1. The van der Waals surface area contributed by atoms with Crippen LogP contribution in [0.25, 0.3) is 0 Å². The second kappa shape index (κ2) is 5.64. The normalized spacial score (nSPS) is 10.4. The number of hydrogen-bond donors (Lipinski definition) is 2. The van der Waals surface area contributed by atoms with Crippen LogP contribution in [0.15, 0.2) is 30.3 Å². The number of amides is 1. The minimum absolute atomic E-state index is 0.00948. The predicted molar refractivity (Wildman–Crippen MR) is 75.2 cm³/mol. The number of carbonyl (C=O) groups is 1. The van der Waals surface area contributed by atoms with Gasteiger partial charge in [0, 0.05) is 17.4 Å². The van der Waals surface area contributed by atoms with Gasteiger partial charge >= 0.3 is 0 Å². The van der Waals surface area contributed by atoms with Crippen molar-refractivity contribution in [3.8, 4) is 0 Å². The van der Waals surface area contributed by atoms with Crippen LogP contribution in [0.4, 0.5) is 20.2 Å². The van der Waals surface area contributed by atoms with Gasteiger partial charge in [0.2, 0.25) is 0 Å². The van der Waals surface area contributed by atoms with E-state index in [-0.39, 0.29) is 27.0 Å². The highest BCUT2D eigenvalue weighted by molar-refractivity contribution is 6.44. The molecule has 0 aliphatic carbocycles. The van der Waals surface area contributed by atoms with Crippen molar-refractivity contribution >= 4 is 40.5 Å². The van der Waals surface area contributed by atoms with Crippen molar-refractivity contribution in [1.29, 1.82) is 0 Å². The molecule has 0 saturated carbocycles. The molecule has 3 N–H and O–H groups in total. The summed E-state index contributed by atoms with van der Waals surface area (Å²) in [5.41, 5.74) is 5.79. The van der Waals surface area contributed by atoms with Crippen molar-refractivity contribution in [3.63, 3.8) is 0 Å². The number of nitrogens with one attached hydrogen (secondary N) is 1. The fraction of sp³-hybridized carbons (Fsp3) is 0. The minimum Gasteiger partial charge on any atom is -0.399 e. The maximum absolute atomic E-state index is 13.0. The molecule has 1 amide bonds. The van der Waals surface area contributed by atoms with Crippen LogP contribution < -0.4 is 11.1 Å². The van der Waals surface area contributed by atoms with Crippen molar-refractivity contribution in [3.05, 3.63) is 57.6 Å². The standard InChI is InChI=1S/C13H8Cl2F2N2O/c14-11-5-8(18)4-10(12(11)15)13(20)19-9-2-6(16)1-7(17)3-9/h1-5H,18H2,(H,19,20). The van der Waals surface area contributed by atoms with Crippen LogP contribution in [0.3, 0.4) is 0 Å². The molecule has 0 aliphatic rings. The van der Waals surface area contributed by atoms with Crippen LogP contribution >= 0.6 is 23.2 Å². The summed E-state index contributed by atoms with van der Waals surface area (Å²) in [4.78, 5) is 12.0. The van der Waals surface area contributed by atoms with Gasteiger partial charge in [-0.05, 0) is 24.3 Å². The van der Waals surface area contributed by atoms with E-state index < -0.39 is 17.5 Å². The van der Waals surface area contributed by atoms with Gasteiger partial charge in [0.15, 0.2) is 0 Å². The van der Waals surface area contributed by atoms with Gasteiger partial charge in [-0.15, -0.1) is 0 Å². The van der Waals surface area contributed by atoms with Crippen molar-refractivity contribution in [1.82, 2.24) is 0 Å². The molecule has 3 nitrogen and oxygen atoms in total. The lowest BCUT2D eigenvalue weighted by Crippen LogP contribution is -2.13. The lowest BCUT2D eigenvalue weighted by Gasteiger charge is -2.09. The Morgan fingerprint density at radius 3 is 2.25 bits per heavy atom. The Labute approximate surface area is 123 Å². The maximum atomic E-state index is 13.0. The van der Waals surface area contributed by atoms with E-state index in [0.717, 1.165) is 12.1 Å². The number of rotatable bonds is 2. The topological polar surface area (TPSA) is 55.1 Å². The zero-order valence-corrected chi connectivity index (χ0v) is 11.4. The number of benzene rings is 2. The summed E-state index contributed by atoms with van der Waals surface area (Å²) in [5.74, 6) is -2.29. The molecule has 2 rings (SSSR count). The Kier molecular flexibility index (Phi) is 4.11. The number of hydrogen-bond acceptors (Lipinski definition) is 2. The Balaban J connectivity index is 2.33. The number of carbonyl (C=O) groups excluding carboxylic acids is 1. The van der Waals surface area contributed by atoms with E-state index in [9.17, 15) is 13.6 Å². The maximum Gasteiger partial charge on any atom is 0.257 e. The van der Waals surface area contributed by atoms with Gasteiger partial charge in [0.25, 0.3) is 5.91 Å². The quantitative estimate of drug-likeness (QED) is 0.819. The number of anilines is 2. The fourth-order valence-electron chi connectivity index (χ4n) is 1.60. The van der Waals surface area contributed by atoms with E-state index in [1.165, 1.54) is 12.1 Å². The zero-order chi connectivity index (χ0) is 14.9. The first-order valence-corrected chi connectivity index (χ1v) is 6.14. The van der Waals surface area contributed by atoms with E-state index in [4.69, 9.17) is 28.9 Å². The minimum atomic E-state index is -0.808. The van der Waals surface area contributed by atoms with Gasteiger partial charge in [-0.3, -0.25) is 4.79 Å². The highest BCUT2D eigenvalue weighted by Crippen LogP contribution is 2.29. The summed E-state index contributed by atoms with van der Waals surface area (Å²) in [6.07, 6.45) is 0. The van der Waals surface area contributed by atoms with E-state index in [1.807, 2.05) is 0 Å². The average molecular weight is 317 g/mol. The fourth-order valence-corrected chi connectivity index (χ4v) is 2.02. The third-order valence-corrected chi connectivity index (χ3v) is 3.22.